The van der Waals surface area contributed by atoms with Gasteiger partial charge in [-0.3, -0.25) is 0 Å². The van der Waals surface area contributed by atoms with Crippen molar-refractivity contribution in [3.63, 3.8) is 0 Å². The predicted octanol–water partition coefficient (Wildman–Crippen LogP) is 1.66. The zero-order valence-electron chi connectivity index (χ0n) is 9.78. The lowest BCUT2D eigenvalue weighted by atomic mass is 10.2. The number of pyridine rings is 1. The Morgan fingerprint density at radius 3 is 2.94 bits per heavy atom. The smallest absolute Gasteiger partial charge is 0.340 e. The zero-order valence-corrected chi connectivity index (χ0v) is 9.78. The fourth-order valence-electron chi connectivity index (χ4n) is 1.19. The number of hydrogen-bond acceptors (Lipinski definition) is 5. The molecule has 1 unspecified atom stereocenters. The summed E-state index contributed by atoms with van der Waals surface area (Å²) in [7, 11) is 1.32. The average molecular weight is 223 g/mol. The second kappa shape index (κ2) is 5.34. The summed E-state index contributed by atoms with van der Waals surface area (Å²) in [5, 5.41) is 3.16. The molecule has 1 aromatic rings. The molecule has 1 rings (SSSR count). The SMILES string of the molecule is CCC(C)Nc1cc(C(=O)OC)c(N)cn1. The van der Waals surface area contributed by atoms with Gasteiger partial charge in [-0.1, -0.05) is 6.92 Å². The Morgan fingerprint density at radius 2 is 2.38 bits per heavy atom. The Labute approximate surface area is 95.0 Å². The highest BCUT2D eigenvalue weighted by Crippen LogP contribution is 2.16. The van der Waals surface area contributed by atoms with Gasteiger partial charge < -0.3 is 15.8 Å². The Kier molecular flexibility index (Phi) is 4.10. The fraction of sp³-hybridized carbons (Fsp3) is 0.455. The number of aromatic nitrogens is 1. The van der Waals surface area contributed by atoms with E-state index in [1.807, 2.05) is 6.92 Å². The Bertz CT molecular complexity index is 379. The van der Waals surface area contributed by atoms with Gasteiger partial charge in [0.15, 0.2) is 0 Å². The minimum Gasteiger partial charge on any atom is -0.465 e. The molecule has 0 amide bonds. The second-order valence-corrected chi connectivity index (χ2v) is 3.60. The molecule has 0 bridgehead atoms. The van der Waals surface area contributed by atoms with E-state index in [2.05, 4.69) is 22.0 Å². The molecular formula is C11H17N3O2. The number of anilines is 2. The first-order valence-corrected chi connectivity index (χ1v) is 5.18. The van der Waals surface area contributed by atoms with Crippen LogP contribution in [-0.4, -0.2) is 24.1 Å². The van der Waals surface area contributed by atoms with Gasteiger partial charge >= 0.3 is 5.97 Å². The van der Waals surface area contributed by atoms with E-state index in [0.29, 0.717) is 23.1 Å². The molecule has 1 heterocycles. The first kappa shape index (κ1) is 12.3. The number of carbonyl (C=O) groups is 1. The molecule has 0 aliphatic rings. The van der Waals surface area contributed by atoms with Gasteiger partial charge in [0.2, 0.25) is 0 Å². The summed E-state index contributed by atoms with van der Waals surface area (Å²) in [5.74, 6) is 0.177. The van der Waals surface area contributed by atoms with Gasteiger partial charge in [-0.25, -0.2) is 9.78 Å². The summed E-state index contributed by atoms with van der Waals surface area (Å²) in [4.78, 5) is 15.5. The van der Waals surface area contributed by atoms with Crippen LogP contribution in [0.4, 0.5) is 11.5 Å². The summed E-state index contributed by atoms with van der Waals surface area (Å²) in [6, 6.07) is 1.90. The Hall–Kier alpha value is -1.78. The number of methoxy groups -OCH3 is 1. The largest absolute Gasteiger partial charge is 0.465 e. The summed E-state index contributed by atoms with van der Waals surface area (Å²) in [6.07, 6.45) is 2.43. The third kappa shape index (κ3) is 2.85. The molecule has 88 valence electrons. The number of nitrogen functional groups attached to an aromatic ring is 1. The lowest BCUT2D eigenvalue weighted by Crippen LogP contribution is -2.15. The lowest BCUT2D eigenvalue weighted by molar-refractivity contribution is 0.0602. The van der Waals surface area contributed by atoms with Crippen LogP contribution in [0.2, 0.25) is 0 Å². The van der Waals surface area contributed by atoms with E-state index in [0.717, 1.165) is 6.42 Å². The van der Waals surface area contributed by atoms with E-state index in [9.17, 15) is 4.79 Å². The van der Waals surface area contributed by atoms with Crippen LogP contribution in [0.3, 0.4) is 0 Å². The van der Waals surface area contributed by atoms with Crippen LogP contribution in [0.5, 0.6) is 0 Å². The van der Waals surface area contributed by atoms with Crippen molar-refractivity contribution in [2.75, 3.05) is 18.2 Å². The van der Waals surface area contributed by atoms with Gasteiger partial charge in [-0.2, -0.15) is 0 Å². The van der Waals surface area contributed by atoms with Crippen LogP contribution in [0, 0.1) is 0 Å². The normalized spacial score (nSPS) is 11.9. The molecule has 5 heteroatoms. The maximum absolute atomic E-state index is 11.4. The Balaban J connectivity index is 2.93. The lowest BCUT2D eigenvalue weighted by Gasteiger charge is -2.13. The molecule has 0 fully saturated rings. The van der Waals surface area contributed by atoms with Crippen LogP contribution in [0.1, 0.15) is 30.6 Å². The Morgan fingerprint density at radius 1 is 1.69 bits per heavy atom. The van der Waals surface area contributed by atoms with Crippen molar-refractivity contribution in [1.29, 1.82) is 0 Å². The van der Waals surface area contributed by atoms with Crippen molar-refractivity contribution in [1.82, 2.24) is 4.98 Å². The summed E-state index contributed by atoms with van der Waals surface area (Å²) in [6.45, 7) is 4.10. The highest BCUT2D eigenvalue weighted by molar-refractivity contribution is 5.95. The molecule has 0 radical (unpaired) electrons. The molecule has 0 aliphatic heterocycles. The summed E-state index contributed by atoms with van der Waals surface area (Å²) in [5.41, 5.74) is 6.30. The number of rotatable bonds is 4. The van der Waals surface area contributed by atoms with Gasteiger partial charge in [0.25, 0.3) is 0 Å². The van der Waals surface area contributed by atoms with Crippen LogP contribution in [-0.2, 0) is 4.74 Å². The van der Waals surface area contributed by atoms with E-state index < -0.39 is 5.97 Å². The van der Waals surface area contributed by atoms with Gasteiger partial charge in [0.1, 0.15) is 5.82 Å². The quantitative estimate of drug-likeness (QED) is 0.759. The van der Waals surface area contributed by atoms with E-state index in [1.54, 1.807) is 6.07 Å². The molecule has 0 saturated carbocycles. The van der Waals surface area contributed by atoms with Crippen molar-refractivity contribution < 1.29 is 9.53 Å². The minimum absolute atomic E-state index is 0.293. The first-order chi connectivity index (χ1) is 7.58. The van der Waals surface area contributed by atoms with Gasteiger partial charge in [0, 0.05) is 6.04 Å². The molecule has 0 aliphatic carbocycles. The van der Waals surface area contributed by atoms with Crippen LogP contribution in [0.25, 0.3) is 0 Å². The van der Waals surface area contributed by atoms with Crippen molar-refractivity contribution in [2.45, 2.75) is 26.3 Å². The highest BCUT2D eigenvalue weighted by Gasteiger charge is 2.12. The predicted molar refractivity (Wildman–Crippen MR) is 63.4 cm³/mol. The van der Waals surface area contributed by atoms with Gasteiger partial charge in [-0.05, 0) is 19.4 Å². The van der Waals surface area contributed by atoms with Crippen LogP contribution < -0.4 is 11.1 Å². The fourth-order valence-corrected chi connectivity index (χ4v) is 1.19. The van der Waals surface area contributed by atoms with E-state index in [-0.39, 0.29) is 0 Å². The third-order valence-corrected chi connectivity index (χ3v) is 2.35. The van der Waals surface area contributed by atoms with Crippen molar-refractivity contribution in [2.24, 2.45) is 0 Å². The van der Waals surface area contributed by atoms with Crippen molar-refractivity contribution >= 4 is 17.5 Å². The summed E-state index contributed by atoms with van der Waals surface area (Å²) >= 11 is 0. The average Bonchev–Trinajstić information content (AvgIpc) is 2.30. The second-order valence-electron chi connectivity index (χ2n) is 3.60. The maximum Gasteiger partial charge on any atom is 0.340 e. The number of hydrogen-bond donors (Lipinski definition) is 2. The minimum atomic E-state index is -0.452. The highest BCUT2D eigenvalue weighted by atomic mass is 16.5. The number of nitrogens with zero attached hydrogens (tertiary/aromatic N) is 1. The molecular weight excluding hydrogens is 206 g/mol. The number of nitrogens with one attached hydrogen (secondary N) is 1. The standard InChI is InChI=1S/C11H17N3O2/c1-4-7(2)14-10-5-8(11(15)16-3)9(12)6-13-10/h5-7H,4,12H2,1-3H3,(H,13,14). The molecule has 1 aromatic heterocycles. The summed E-state index contributed by atoms with van der Waals surface area (Å²) < 4.78 is 4.63. The van der Waals surface area contributed by atoms with E-state index >= 15 is 0 Å². The molecule has 16 heavy (non-hydrogen) atoms. The van der Waals surface area contributed by atoms with E-state index in [1.165, 1.54) is 13.3 Å². The number of carbonyl (C=O) groups excluding carboxylic acids is 1. The van der Waals surface area contributed by atoms with Crippen molar-refractivity contribution in [3.8, 4) is 0 Å². The van der Waals surface area contributed by atoms with Crippen molar-refractivity contribution in [3.05, 3.63) is 17.8 Å². The molecule has 1 atom stereocenters. The molecule has 0 aromatic carbocycles. The van der Waals surface area contributed by atoms with Crippen LogP contribution >= 0.6 is 0 Å². The maximum atomic E-state index is 11.4. The van der Waals surface area contributed by atoms with Crippen LogP contribution in [0.15, 0.2) is 12.3 Å². The molecule has 5 nitrogen and oxygen atoms in total. The zero-order chi connectivity index (χ0) is 12.1. The van der Waals surface area contributed by atoms with Gasteiger partial charge in [-0.15, -0.1) is 0 Å². The molecule has 0 spiro atoms. The number of nitrogens with two attached hydrogens (primary N) is 1. The molecule has 0 saturated heterocycles. The van der Waals surface area contributed by atoms with E-state index in [4.69, 9.17) is 5.73 Å². The molecule has 3 N–H and O–H groups in total. The topological polar surface area (TPSA) is 77.2 Å². The first-order valence-electron chi connectivity index (χ1n) is 5.18. The number of esters is 1. The monoisotopic (exact) mass is 223 g/mol. The number of ether oxygens (including phenoxy) is 1. The third-order valence-electron chi connectivity index (χ3n) is 2.35. The van der Waals surface area contributed by atoms with Gasteiger partial charge in [0.05, 0.1) is 24.6 Å².